The van der Waals surface area contributed by atoms with Gasteiger partial charge < -0.3 is 186 Å². The maximum atomic E-state index is 10.6. The van der Waals surface area contributed by atoms with E-state index >= 15 is 0 Å². The molecule has 0 aliphatic carbocycles. The van der Waals surface area contributed by atoms with Crippen molar-refractivity contribution in [1.82, 2.24) is 29.7 Å². The van der Waals surface area contributed by atoms with Crippen LogP contribution in [0.15, 0.2) is 97.6 Å². The number of carbonyl (C=O) groups excluding carboxylic acids is 2. The van der Waals surface area contributed by atoms with Crippen molar-refractivity contribution in [3.63, 3.8) is 0 Å². The molecule has 476 valence electrons. The van der Waals surface area contributed by atoms with Gasteiger partial charge in [0.1, 0.15) is 0 Å². The summed E-state index contributed by atoms with van der Waals surface area (Å²) in [6.07, 6.45) is 6.92. The van der Waals surface area contributed by atoms with Crippen LogP contribution in [0.2, 0.25) is 0 Å². The molecule has 0 unspecified atom stereocenters. The molecule has 4 aromatic heterocycles. The average Bonchev–Trinajstić information content (AvgIpc) is 3.22. The Hall–Kier alpha value is -7.47. The minimum Gasteiger partial charge on any atom is -2.00 e. The van der Waals surface area contributed by atoms with Crippen LogP contribution in [0.3, 0.4) is 0 Å². The van der Waals surface area contributed by atoms with Crippen LogP contribution < -0.4 is 10.2 Å². The first kappa shape index (κ1) is 127. The number of pyridine rings is 4. The Kier molecular flexibility index (Phi) is 136. The molecule has 0 spiro atoms. The molecule has 0 bridgehead atoms. The van der Waals surface area contributed by atoms with Crippen molar-refractivity contribution in [2.24, 2.45) is 0 Å². The Morgan fingerprint density at radius 1 is 0.357 bits per heavy atom. The largest absolute Gasteiger partial charge is 4.00 e. The van der Waals surface area contributed by atoms with Crippen LogP contribution in [-0.2, 0) is 114 Å². The van der Waals surface area contributed by atoms with Crippen LogP contribution in [0.4, 0.5) is 0 Å². The van der Waals surface area contributed by atoms with Gasteiger partial charge in [-0.15, -0.1) is 0 Å². The molecule has 0 amide bonds. The molecule has 4 aromatic rings. The summed E-state index contributed by atoms with van der Waals surface area (Å²) in [5, 5.41) is 139. The number of carbonyl (C=O) groups is 2. The predicted molar refractivity (Wildman–Crippen MR) is 258 cm³/mol. The van der Waals surface area contributed by atoms with E-state index in [1.165, 1.54) is 0 Å². The monoisotopic (exact) mass is 1570 g/mol. The molecule has 54 heteroatoms. The second kappa shape index (κ2) is 89.3. The van der Waals surface area contributed by atoms with Crippen LogP contribution in [0.5, 0.6) is 0 Å². The van der Waals surface area contributed by atoms with Gasteiger partial charge in [-0.05, 0) is 61.4 Å². The summed E-state index contributed by atoms with van der Waals surface area (Å²) in [6.45, 7) is 3.18. The fraction of sp³-hybridized carbons (Fsp3) is 0.267. The van der Waals surface area contributed by atoms with Gasteiger partial charge in [0.05, 0.1) is 63.5 Å². The van der Waals surface area contributed by atoms with Gasteiger partial charge >= 0.3 is 101 Å². The summed E-state index contributed by atoms with van der Waals surface area (Å²) in [4.78, 5) is 108. The molecule has 50 nitrogen and oxygen atoms in total. The first-order valence-electron chi connectivity index (χ1n) is 17.3. The topological polar surface area (TPSA) is 923 Å². The van der Waals surface area contributed by atoms with E-state index in [-0.39, 0.29) is 174 Å². The number of hydrogen-bond acceptors (Lipinski definition) is 34. The fourth-order valence-corrected chi connectivity index (χ4v) is 3.81. The molecule has 84 heavy (non-hydrogen) atoms. The molecule has 0 aliphatic rings. The van der Waals surface area contributed by atoms with Crippen molar-refractivity contribution < 1.29 is 222 Å². The Labute approximate surface area is 554 Å². The van der Waals surface area contributed by atoms with E-state index in [0.717, 1.165) is 22.8 Å². The molecular weight excluding hydrogens is 1520 g/mol. The molecule has 0 fully saturated rings. The van der Waals surface area contributed by atoms with Crippen LogP contribution >= 0.6 is 0 Å². The van der Waals surface area contributed by atoms with Gasteiger partial charge in [0.2, 0.25) is 0 Å². The molecule has 0 aromatic carbocycles. The Morgan fingerprint density at radius 2 is 0.488 bits per heavy atom. The van der Waals surface area contributed by atoms with Crippen molar-refractivity contribution in [2.45, 2.75) is 39.0 Å². The average molecular weight is 1570 g/mol. The first-order chi connectivity index (χ1) is 33.3. The van der Waals surface area contributed by atoms with E-state index in [0.29, 0.717) is 39.3 Å². The zero-order valence-corrected chi connectivity index (χ0v) is 50.3. The summed E-state index contributed by atoms with van der Waals surface area (Å²) in [5.41, 5.74) is 3.62. The third kappa shape index (κ3) is 158. The predicted octanol–water partition coefficient (Wildman–Crippen LogP) is -6.45. The smallest absolute Gasteiger partial charge is 2.00 e. The van der Waals surface area contributed by atoms with E-state index in [1.54, 1.807) is 24.8 Å². The Morgan fingerprint density at radius 3 is 0.583 bits per heavy atom. The van der Waals surface area contributed by atoms with Crippen molar-refractivity contribution in [2.75, 3.05) is 13.1 Å². The SMILES string of the molecule is O=C([O-])CCN(Cc1ccccn1)Cc1ccccn1.O=C([O-])CCN(Cc1ccccn1)Cc1ccccn1.O=[N+]([O-])[O-].O=[N+]([O-])[O-].O=[N+]([O-])[O-].O=[N+]([O-])[O-].O=[N+]([O-])[O-].O=[N+]([O-])[O-].O=[N+]([O-])[O-].O=[N+]([O-])[O-].[Ce+3].[Ce+4].[Mn+3].[Mn].[O-2].[O-2].[OH3+].[OH3+].[OH3+].[OH3+].[OH3+].[OH3+]. The maximum Gasteiger partial charge on any atom is 4.00 e. The van der Waals surface area contributed by atoms with Crippen LogP contribution in [0.25, 0.3) is 0 Å². The third-order valence-corrected chi connectivity index (χ3v) is 5.71. The number of rotatable bonds is 14. The molecule has 4 rings (SSSR count). The molecule has 2 radical (unpaired) electrons. The van der Waals surface area contributed by atoms with Crippen molar-refractivity contribution >= 4 is 11.9 Å². The Bertz CT molecular complexity index is 1780. The fourth-order valence-electron chi connectivity index (χ4n) is 3.81. The zero-order valence-electron chi connectivity index (χ0n) is 41.6. The quantitative estimate of drug-likeness (QED) is 0.0490. The molecule has 0 atom stereocenters. The van der Waals surface area contributed by atoms with Gasteiger partial charge in [0.15, 0.2) is 0 Å². The number of carboxylic acid groups (broad SMARTS) is 2. The third-order valence-electron chi connectivity index (χ3n) is 5.71. The van der Waals surface area contributed by atoms with Gasteiger partial charge in [-0.1, -0.05) is 24.3 Å². The number of nitrogens with zero attached hydrogens (tertiary/aromatic N) is 14. The van der Waals surface area contributed by atoms with Crippen LogP contribution in [0.1, 0.15) is 35.6 Å². The minimum absolute atomic E-state index is 0. The van der Waals surface area contributed by atoms with E-state index in [1.807, 2.05) is 82.6 Å². The number of aliphatic carboxylic acids is 2. The van der Waals surface area contributed by atoms with E-state index in [4.69, 9.17) is 123 Å². The first-order valence-corrected chi connectivity index (χ1v) is 17.3. The minimum atomic E-state index is -1.75. The van der Waals surface area contributed by atoms with E-state index < -0.39 is 52.6 Å². The Balaban J connectivity index is -0.0000000394. The molecule has 18 N–H and O–H groups in total. The molecule has 4 heterocycles. The van der Waals surface area contributed by atoms with Crippen molar-refractivity contribution in [1.29, 1.82) is 0 Å². The van der Waals surface area contributed by atoms with Gasteiger partial charge in [-0.3, -0.25) is 29.7 Å². The van der Waals surface area contributed by atoms with Crippen LogP contribution in [0, 0.1) is 206 Å². The van der Waals surface area contributed by atoms with Gasteiger partial charge in [-0.2, -0.15) is 0 Å². The second-order valence-corrected chi connectivity index (χ2v) is 10.7. The second-order valence-electron chi connectivity index (χ2n) is 10.7. The van der Waals surface area contributed by atoms with Crippen molar-refractivity contribution in [3.8, 4) is 0 Å². The molecule has 0 saturated carbocycles. The number of aromatic nitrogens is 4. The summed E-state index contributed by atoms with van der Waals surface area (Å²) in [7, 11) is 0. The van der Waals surface area contributed by atoms with Crippen LogP contribution in [-0.4, -0.2) is 95.5 Å². The number of hydrogen-bond donors (Lipinski definition) is 0. The van der Waals surface area contributed by atoms with Gasteiger partial charge in [-0.25, -0.2) is 0 Å². The summed E-state index contributed by atoms with van der Waals surface area (Å²) < 4.78 is 0. The zero-order chi connectivity index (χ0) is 57.0. The van der Waals surface area contributed by atoms with E-state index in [9.17, 15) is 19.8 Å². The molecular formula is C30H50Ce2Mn2N14O36+2. The maximum absolute atomic E-state index is 10.6. The molecule has 0 saturated heterocycles. The normalized spacial score (nSPS) is 7.36. The standard InChI is InChI=1S/2C15H17N3O2.2Ce.2Mn.8NO3.6H2O.2O/c2*19-15(20)7-10-18(11-13-5-1-3-8-16-13)12-14-6-2-4-9-17-14;;;;;8*2-1(3)4;;;;;;;;/h2*1-6,8-9H,7,10-12H2,(H,19,20);;;;;;;;;;;;;6*1H2;;/q;;+3;+4;;+3;8*-1;;;;;;;2*-2/p+4. The summed E-state index contributed by atoms with van der Waals surface area (Å²) in [6, 6.07) is 22.8. The van der Waals surface area contributed by atoms with E-state index in [2.05, 4.69) is 19.9 Å². The van der Waals surface area contributed by atoms with Crippen molar-refractivity contribution in [3.05, 3.63) is 243 Å². The summed E-state index contributed by atoms with van der Waals surface area (Å²) >= 11 is 0. The van der Waals surface area contributed by atoms with Gasteiger partial charge in [0.25, 0.3) is 0 Å². The summed E-state index contributed by atoms with van der Waals surface area (Å²) in [5.74, 6) is -2.09. The van der Waals surface area contributed by atoms with Gasteiger partial charge in [0, 0.05) is 93.1 Å². The number of carboxylic acids is 2. The molecule has 0 aliphatic heterocycles.